The zero-order chi connectivity index (χ0) is 18.8. The molecule has 1 aliphatic rings. The van der Waals surface area contributed by atoms with Crippen LogP contribution < -0.4 is 9.46 Å². The van der Waals surface area contributed by atoms with Crippen LogP contribution in [0.3, 0.4) is 0 Å². The van der Waals surface area contributed by atoms with Crippen molar-refractivity contribution in [3.05, 3.63) is 60.2 Å². The molecule has 1 N–H and O–H groups in total. The molecule has 0 aliphatic heterocycles. The van der Waals surface area contributed by atoms with Gasteiger partial charge in [-0.15, -0.1) is 0 Å². The van der Waals surface area contributed by atoms with E-state index >= 15 is 4.39 Å². The van der Waals surface area contributed by atoms with Crippen LogP contribution >= 0.6 is 0 Å². The Morgan fingerprint density at radius 2 is 1.69 bits per heavy atom. The second kappa shape index (κ2) is 7.37. The van der Waals surface area contributed by atoms with E-state index in [9.17, 15) is 8.42 Å². The van der Waals surface area contributed by atoms with Crippen LogP contribution in [-0.4, -0.2) is 19.7 Å². The molecule has 0 amide bonds. The third-order valence-corrected chi connectivity index (χ3v) is 6.68. The predicted octanol–water partition coefficient (Wildman–Crippen LogP) is 4.52. The molecule has 1 aliphatic carbocycles. The Kier molecular flexibility index (Phi) is 5.34. The van der Waals surface area contributed by atoms with Gasteiger partial charge in [0.1, 0.15) is 11.5 Å². The van der Waals surface area contributed by atoms with Gasteiger partial charge in [0.15, 0.2) is 5.67 Å². The largest absolute Gasteiger partial charge is 0.457 e. The minimum atomic E-state index is -3.52. The number of alkyl halides is 1. The van der Waals surface area contributed by atoms with Crippen LogP contribution in [0.4, 0.5) is 4.39 Å². The molecule has 140 valence electrons. The van der Waals surface area contributed by atoms with Gasteiger partial charge >= 0.3 is 0 Å². The molecule has 2 atom stereocenters. The quantitative estimate of drug-likeness (QED) is 0.805. The van der Waals surface area contributed by atoms with Crippen LogP contribution in [0.15, 0.2) is 54.6 Å². The van der Waals surface area contributed by atoms with Gasteiger partial charge in [-0.2, -0.15) is 0 Å². The molecule has 3 rings (SSSR count). The molecule has 4 nitrogen and oxygen atoms in total. The van der Waals surface area contributed by atoms with Gasteiger partial charge in [-0.05, 0) is 62.9 Å². The summed E-state index contributed by atoms with van der Waals surface area (Å²) in [5, 5.41) is -0.589. The first kappa shape index (κ1) is 18.9. The summed E-state index contributed by atoms with van der Waals surface area (Å²) < 4.78 is 48.3. The number of ether oxygens (including phenoxy) is 1. The van der Waals surface area contributed by atoms with Crippen LogP contribution in [0, 0.1) is 0 Å². The number of sulfonamides is 1. The molecule has 6 heteroatoms. The summed E-state index contributed by atoms with van der Waals surface area (Å²) in [5.41, 5.74) is -1.22. The van der Waals surface area contributed by atoms with Crippen molar-refractivity contribution in [3.63, 3.8) is 0 Å². The van der Waals surface area contributed by atoms with E-state index in [-0.39, 0.29) is 0 Å². The molecule has 1 fully saturated rings. The smallest absolute Gasteiger partial charge is 0.214 e. The molecule has 0 aromatic heterocycles. The molecule has 0 saturated heterocycles. The van der Waals surface area contributed by atoms with Crippen molar-refractivity contribution in [3.8, 4) is 11.5 Å². The topological polar surface area (TPSA) is 55.4 Å². The second-order valence-corrected chi connectivity index (χ2v) is 9.23. The summed E-state index contributed by atoms with van der Waals surface area (Å²) >= 11 is 0. The van der Waals surface area contributed by atoms with Gasteiger partial charge in [0, 0.05) is 0 Å². The third-order valence-electron chi connectivity index (χ3n) is 4.83. The van der Waals surface area contributed by atoms with Gasteiger partial charge in [-0.25, -0.2) is 17.5 Å². The monoisotopic (exact) mass is 377 g/mol. The summed E-state index contributed by atoms with van der Waals surface area (Å²) in [5.74, 6) is 1.32. The fraction of sp³-hybridized carbons (Fsp3) is 0.400. The van der Waals surface area contributed by atoms with Crippen molar-refractivity contribution in [2.75, 3.05) is 0 Å². The number of nitrogens with one attached hydrogen (secondary N) is 1. The highest BCUT2D eigenvalue weighted by molar-refractivity contribution is 7.90. The lowest BCUT2D eigenvalue weighted by Gasteiger charge is -2.29. The maximum atomic E-state index is 15.7. The highest BCUT2D eigenvalue weighted by atomic mass is 32.2. The summed E-state index contributed by atoms with van der Waals surface area (Å²) in [6.45, 7) is 3.18. The Morgan fingerprint density at radius 1 is 1.08 bits per heavy atom. The first-order valence-electron chi connectivity index (χ1n) is 8.85. The van der Waals surface area contributed by atoms with Crippen molar-refractivity contribution < 1.29 is 17.5 Å². The van der Waals surface area contributed by atoms with E-state index in [1.165, 1.54) is 0 Å². The average Bonchev–Trinajstić information content (AvgIpc) is 2.97. The van der Waals surface area contributed by atoms with E-state index in [0.717, 1.165) is 0 Å². The number of halogens is 1. The molecule has 26 heavy (non-hydrogen) atoms. The Morgan fingerprint density at radius 3 is 2.31 bits per heavy atom. The van der Waals surface area contributed by atoms with Crippen LogP contribution in [0.5, 0.6) is 11.5 Å². The third kappa shape index (κ3) is 3.91. The van der Waals surface area contributed by atoms with E-state index in [4.69, 9.17) is 4.74 Å². The van der Waals surface area contributed by atoms with Crippen molar-refractivity contribution in [1.82, 2.24) is 4.72 Å². The van der Waals surface area contributed by atoms with E-state index < -0.39 is 27.0 Å². The number of hydrogen-bond donors (Lipinski definition) is 1. The normalized spacial score (nSPS) is 23.3. The molecule has 0 bridgehead atoms. The Bertz CT molecular complexity index is 837. The fourth-order valence-electron chi connectivity index (χ4n) is 3.22. The van der Waals surface area contributed by atoms with Gasteiger partial charge in [0.25, 0.3) is 0 Å². The number of benzene rings is 2. The van der Waals surface area contributed by atoms with Gasteiger partial charge in [-0.3, -0.25) is 0 Å². The highest BCUT2D eigenvalue weighted by Crippen LogP contribution is 2.43. The van der Waals surface area contributed by atoms with Gasteiger partial charge in [0.2, 0.25) is 10.0 Å². The number of hydrogen-bond acceptors (Lipinski definition) is 3. The molecule has 2 unspecified atom stereocenters. The Hall–Kier alpha value is -1.92. The number of para-hydroxylation sites is 1. The van der Waals surface area contributed by atoms with E-state index in [0.29, 0.717) is 36.3 Å². The van der Waals surface area contributed by atoms with Crippen molar-refractivity contribution >= 4 is 10.0 Å². The number of rotatable bonds is 6. The van der Waals surface area contributed by atoms with Crippen molar-refractivity contribution in [2.45, 2.75) is 50.1 Å². The van der Waals surface area contributed by atoms with Gasteiger partial charge in [-0.1, -0.05) is 30.3 Å². The minimum absolute atomic E-state index is 0.303. The lowest BCUT2D eigenvalue weighted by molar-refractivity contribution is 0.142. The van der Waals surface area contributed by atoms with E-state index in [1.54, 1.807) is 38.1 Å². The summed E-state index contributed by atoms with van der Waals surface area (Å²) in [7, 11) is -3.52. The van der Waals surface area contributed by atoms with Gasteiger partial charge in [0.05, 0.1) is 11.3 Å². The molecular weight excluding hydrogens is 353 g/mol. The van der Waals surface area contributed by atoms with Crippen LogP contribution in [0.1, 0.15) is 38.7 Å². The highest BCUT2D eigenvalue weighted by Gasteiger charge is 2.46. The molecule has 1 saturated carbocycles. The van der Waals surface area contributed by atoms with Crippen molar-refractivity contribution in [2.24, 2.45) is 0 Å². The first-order chi connectivity index (χ1) is 12.3. The van der Waals surface area contributed by atoms with Crippen LogP contribution in [0.2, 0.25) is 0 Å². The lowest BCUT2D eigenvalue weighted by Crippen LogP contribution is -2.46. The van der Waals surface area contributed by atoms with Crippen molar-refractivity contribution in [1.29, 1.82) is 0 Å². The van der Waals surface area contributed by atoms with E-state index in [1.807, 2.05) is 30.3 Å². The first-order valence-corrected chi connectivity index (χ1v) is 10.4. The maximum Gasteiger partial charge on any atom is 0.214 e. The SMILES string of the molecule is CC(C)S(=O)(=O)NC1CCCC1(F)c1ccc(Oc2ccccc2)cc1. The minimum Gasteiger partial charge on any atom is -0.457 e. The fourth-order valence-corrected chi connectivity index (χ4v) is 4.20. The van der Waals surface area contributed by atoms with E-state index in [2.05, 4.69) is 4.72 Å². The summed E-state index contributed by atoms with van der Waals surface area (Å²) in [6.07, 6.45) is 1.44. The molecule has 2 aromatic rings. The standard InChI is InChI=1S/C20H24FNO3S/c1-15(2)26(23,24)22-19-9-6-14-20(19,21)16-10-12-18(13-11-16)25-17-7-4-3-5-8-17/h3-5,7-8,10-13,15,19,22H,6,9,14H2,1-2H3. The van der Waals surface area contributed by atoms with Crippen LogP contribution in [-0.2, 0) is 15.7 Å². The second-order valence-electron chi connectivity index (χ2n) is 6.96. The van der Waals surface area contributed by atoms with Crippen LogP contribution in [0.25, 0.3) is 0 Å². The van der Waals surface area contributed by atoms with Gasteiger partial charge < -0.3 is 4.74 Å². The predicted molar refractivity (Wildman–Crippen MR) is 101 cm³/mol. The molecule has 0 heterocycles. The Labute approximate surface area is 154 Å². The summed E-state index contributed by atoms with van der Waals surface area (Å²) in [6, 6.07) is 15.4. The molecule has 2 aromatic carbocycles. The molecule has 0 spiro atoms. The zero-order valence-corrected chi connectivity index (χ0v) is 15.8. The molecular formula is C20H24FNO3S. The maximum absolute atomic E-state index is 15.7. The summed E-state index contributed by atoms with van der Waals surface area (Å²) in [4.78, 5) is 0. The molecule has 0 radical (unpaired) electrons. The average molecular weight is 377 g/mol. The Balaban J connectivity index is 1.78. The zero-order valence-electron chi connectivity index (χ0n) is 15.0. The lowest BCUT2D eigenvalue weighted by atomic mass is 9.91.